The molecule has 1 aromatic rings. The number of hydrogen-bond donors (Lipinski definition) is 0. The Morgan fingerprint density at radius 3 is 2.52 bits per heavy atom. The molecule has 124 valence electrons. The molecule has 5 heteroatoms. The molecule has 3 aliphatic heterocycles. The molecule has 0 saturated carbocycles. The van der Waals surface area contributed by atoms with E-state index in [9.17, 15) is 4.79 Å². The van der Waals surface area contributed by atoms with Crippen molar-refractivity contribution in [1.29, 1.82) is 0 Å². The predicted molar refractivity (Wildman–Crippen MR) is 91.3 cm³/mol. The summed E-state index contributed by atoms with van der Waals surface area (Å²) in [5.41, 5.74) is 3.70. The minimum Gasteiger partial charge on any atom is -0.378 e. The van der Waals surface area contributed by atoms with Crippen LogP contribution in [-0.2, 0) is 11.2 Å². The highest BCUT2D eigenvalue weighted by molar-refractivity contribution is 5.94. The maximum absolute atomic E-state index is 12.9. The lowest BCUT2D eigenvalue weighted by molar-refractivity contribution is 0.0548. The normalized spacial score (nSPS) is 21.5. The fourth-order valence-electron chi connectivity index (χ4n) is 3.86. The topological polar surface area (TPSA) is 36.0 Å². The Balaban J connectivity index is 1.60. The van der Waals surface area contributed by atoms with E-state index in [1.54, 1.807) is 0 Å². The van der Waals surface area contributed by atoms with Gasteiger partial charge >= 0.3 is 6.03 Å². The number of hydrogen-bond acceptors (Lipinski definition) is 3. The Bertz CT molecular complexity index is 578. The number of carbonyl (C=O) groups excluding carboxylic acids is 1. The predicted octanol–water partition coefficient (Wildman–Crippen LogP) is 2.49. The molecule has 0 N–H and O–H groups in total. The van der Waals surface area contributed by atoms with Crippen LogP contribution in [0.15, 0.2) is 18.2 Å². The second-order valence-electron chi connectivity index (χ2n) is 6.64. The van der Waals surface area contributed by atoms with E-state index >= 15 is 0 Å². The number of carbonyl (C=O) groups is 1. The number of ether oxygens (including phenoxy) is 1. The monoisotopic (exact) mass is 315 g/mol. The van der Waals surface area contributed by atoms with Gasteiger partial charge in [0.15, 0.2) is 0 Å². The molecule has 0 bridgehead atoms. The Labute approximate surface area is 137 Å². The summed E-state index contributed by atoms with van der Waals surface area (Å²) in [6, 6.07) is 6.83. The summed E-state index contributed by atoms with van der Waals surface area (Å²) in [6.07, 6.45) is 4.66. The zero-order valence-corrected chi connectivity index (χ0v) is 13.7. The summed E-state index contributed by atoms with van der Waals surface area (Å²) in [6.45, 7) is 5.81. The van der Waals surface area contributed by atoms with E-state index in [1.807, 2.05) is 9.80 Å². The van der Waals surface area contributed by atoms with Crippen LogP contribution in [0, 0.1) is 0 Å². The average molecular weight is 315 g/mol. The van der Waals surface area contributed by atoms with Crippen molar-refractivity contribution in [2.75, 3.05) is 55.7 Å². The number of urea groups is 1. The van der Waals surface area contributed by atoms with Crippen LogP contribution in [0.25, 0.3) is 0 Å². The number of fused-ring (bicyclic) bond motifs is 1. The lowest BCUT2D eigenvalue weighted by atomic mass is 10.0. The average Bonchev–Trinajstić information content (AvgIpc) is 3.15. The Morgan fingerprint density at radius 1 is 0.957 bits per heavy atom. The van der Waals surface area contributed by atoms with Crippen molar-refractivity contribution in [2.45, 2.75) is 25.7 Å². The van der Waals surface area contributed by atoms with Crippen LogP contribution in [0.3, 0.4) is 0 Å². The number of benzene rings is 1. The van der Waals surface area contributed by atoms with Crippen molar-refractivity contribution in [3.63, 3.8) is 0 Å². The van der Waals surface area contributed by atoms with Crippen LogP contribution in [0.4, 0.5) is 16.2 Å². The van der Waals surface area contributed by atoms with Crippen LogP contribution >= 0.6 is 0 Å². The maximum atomic E-state index is 12.9. The lowest BCUT2D eigenvalue weighted by Crippen LogP contribution is -2.49. The molecule has 0 atom stereocenters. The number of nitrogens with zero attached hydrogens (tertiary/aromatic N) is 3. The summed E-state index contributed by atoms with van der Waals surface area (Å²) in [7, 11) is 0. The molecular formula is C18H25N3O2. The summed E-state index contributed by atoms with van der Waals surface area (Å²) < 4.78 is 5.37. The van der Waals surface area contributed by atoms with Gasteiger partial charge in [0.2, 0.25) is 0 Å². The van der Waals surface area contributed by atoms with Gasteiger partial charge in [-0.1, -0.05) is 6.07 Å². The zero-order chi connectivity index (χ0) is 15.6. The van der Waals surface area contributed by atoms with Crippen molar-refractivity contribution >= 4 is 17.4 Å². The molecule has 0 radical (unpaired) electrons. The first kappa shape index (κ1) is 14.8. The third-order valence-corrected chi connectivity index (χ3v) is 5.17. The molecule has 0 unspecified atom stereocenters. The van der Waals surface area contributed by atoms with Gasteiger partial charge in [-0.25, -0.2) is 4.79 Å². The van der Waals surface area contributed by atoms with E-state index < -0.39 is 0 Å². The van der Waals surface area contributed by atoms with E-state index in [0.717, 1.165) is 38.2 Å². The Morgan fingerprint density at radius 2 is 1.74 bits per heavy atom. The Hall–Kier alpha value is -1.75. The minimum atomic E-state index is 0.146. The van der Waals surface area contributed by atoms with Crippen molar-refractivity contribution < 1.29 is 9.53 Å². The zero-order valence-electron chi connectivity index (χ0n) is 13.7. The fraction of sp³-hybridized carbons (Fsp3) is 0.611. The van der Waals surface area contributed by atoms with E-state index in [4.69, 9.17) is 4.74 Å². The molecule has 23 heavy (non-hydrogen) atoms. The summed E-state index contributed by atoms with van der Waals surface area (Å²) in [5, 5.41) is 0. The second-order valence-corrected chi connectivity index (χ2v) is 6.64. The molecule has 3 heterocycles. The molecular weight excluding hydrogens is 290 g/mol. The largest absolute Gasteiger partial charge is 0.378 e. The quantitative estimate of drug-likeness (QED) is 0.799. The number of aryl methyl sites for hydroxylation is 1. The van der Waals surface area contributed by atoms with Crippen LogP contribution in [0.5, 0.6) is 0 Å². The summed E-state index contributed by atoms with van der Waals surface area (Å²) >= 11 is 0. The first-order valence-electron chi connectivity index (χ1n) is 8.85. The number of amides is 2. The van der Waals surface area contributed by atoms with Crippen LogP contribution < -0.4 is 9.80 Å². The summed E-state index contributed by atoms with van der Waals surface area (Å²) in [5.74, 6) is 0. The third-order valence-electron chi connectivity index (χ3n) is 5.17. The maximum Gasteiger partial charge on any atom is 0.324 e. The number of rotatable bonds is 1. The van der Waals surface area contributed by atoms with Crippen LogP contribution in [0.2, 0.25) is 0 Å². The van der Waals surface area contributed by atoms with Crippen molar-refractivity contribution in [3.8, 4) is 0 Å². The van der Waals surface area contributed by atoms with Crippen molar-refractivity contribution in [2.24, 2.45) is 0 Å². The molecule has 2 saturated heterocycles. The SMILES string of the molecule is O=C(N1CCOCC1)N1CCCc2ccc(N3CCCC3)cc21. The van der Waals surface area contributed by atoms with Gasteiger partial charge in [-0.3, -0.25) is 4.90 Å². The standard InChI is InChI=1S/C18H25N3O2/c22-18(20-10-12-23-13-11-20)21-9-3-4-15-5-6-16(14-17(15)21)19-7-1-2-8-19/h5-6,14H,1-4,7-13H2. The van der Waals surface area contributed by atoms with Gasteiger partial charge in [-0.15, -0.1) is 0 Å². The number of anilines is 2. The smallest absolute Gasteiger partial charge is 0.324 e. The van der Waals surface area contributed by atoms with Gasteiger partial charge < -0.3 is 14.5 Å². The second kappa shape index (κ2) is 6.40. The highest BCUT2D eigenvalue weighted by Crippen LogP contribution is 2.33. The molecule has 1 aromatic carbocycles. The highest BCUT2D eigenvalue weighted by atomic mass is 16.5. The van der Waals surface area contributed by atoms with Gasteiger partial charge in [0, 0.05) is 38.4 Å². The molecule has 5 nitrogen and oxygen atoms in total. The molecule has 0 aliphatic carbocycles. The number of morpholine rings is 1. The van der Waals surface area contributed by atoms with Gasteiger partial charge in [0.1, 0.15) is 0 Å². The molecule has 0 spiro atoms. The lowest BCUT2D eigenvalue weighted by Gasteiger charge is -2.36. The van der Waals surface area contributed by atoms with Gasteiger partial charge in [-0.05, 0) is 43.4 Å². The first-order valence-corrected chi connectivity index (χ1v) is 8.85. The van der Waals surface area contributed by atoms with Gasteiger partial charge in [-0.2, -0.15) is 0 Å². The van der Waals surface area contributed by atoms with Crippen LogP contribution in [-0.4, -0.2) is 56.9 Å². The van der Waals surface area contributed by atoms with E-state index in [2.05, 4.69) is 23.1 Å². The molecule has 0 aromatic heterocycles. The highest BCUT2D eigenvalue weighted by Gasteiger charge is 2.28. The first-order chi connectivity index (χ1) is 11.3. The molecule has 2 fully saturated rings. The van der Waals surface area contributed by atoms with Crippen molar-refractivity contribution in [3.05, 3.63) is 23.8 Å². The van der Waals surface area contributed by atoms with E-state index in [0.29, 0.717) is 26.3 Å². The van der Waals surface area contributed by atoms with Gasteiger partial charge in [0.05, 0.1) is 18.9 Å². The van der Waals surface area contributed by atoms with E-state index in [1.165, 1.54) is 24.1 Å². The Kier molecular flexibility index (Phi) is 4.12. The summed E-state index contributed by atoms with van der Waals surface area (Å²) in [4.78, 5) is 19.3. The molecule has 4 rings (SSSR count). The van der Waals surface area contributed by atoms with E-state index in [-0.39, 0.29) is 6.03 Å². The third kappa shape index (κ3) is 2.90. The van der Waals surface area contributed by atoms with Gasteiger partial charge in [0.25, 0.3) is 0 Å². The minimum absolute atomic E-state index is 0.146. The molecule has 3 aliphatic rings. The molecule has 2 amide bonds. The van der Waals surface area contributed by atoms with Crippen LogP contribution in [0.1, 0.15) is 24.8 Å². The van der Waals surface area contributed by atoms with Crippen molar-refractivity contribution in [1.82, 2.24) is 4.90 Å². The fourth-order valence-corrected chi connectivity index (χ4v) is 3.86.